The first-order valence-corrected chi connectivity index (χ1v) is 5.97. The maximum Gasteiger partial charge on any atom is 0.238 e. The highest BCUT2D eigenvalue weighted by Gasteiger charge is 2.02. The third kappa shape index (κ3) is 6.32. The Morgan fingerprint density at radius 1 is 1.39 bits per heavy atom. The Labute approximate surface area is 107 Å². The van der Waals surface area contributed by atoms with Crippen molar-refractivity contribution in [2.24, 2.45) is 0 Å². The highest BCUT2D eigenvalue weighted by Crippen LogP contribution is 2.08. The first kappa shape index (κ1) is 14.6. The van der Waals surface area contributed by atoms with Crippen molar-refractivity contribution < 1.29 is 13.9 Å². The van der Waals surface area contributed by atoms with Gasteiger partial charge in [0, 0.05) is 19.4 Å². The maximum atomic E-state index is 12.9. The average molecular weight is 254 g/mol. The Hall–Kier alpha value is -1.46. The highest BCUT2D eigenvalue weighted by atomic mass is 19.1. The van der Waals surface area contributed by atoms with Crippen LogP contribution >= 0.6 is 0 Å². The summed E-state index contributed by atoms with van der Waals surface area (Å²) in [5.41, 5.74) is 0.473. The Kier molecular flexibility index (Phi) is 6.98. The summed E-state index contributed by atoms with van der Waals surface area (Å²) in [6, 6.07) is 5.84. The molecule has 4 nitrogen and oxygen atoms in total. The number of rotatable bonds is 8. The summed E-state index contributed by atoms with van der Waals surface area (Å²) in [6.45, 7) is 1.72. The van der Waals surface area contributed by atoms with Gasteiger partial charge in [-0.25, -0.2) is 4.39 Å². The molecule has 0 bridgehead atoms. The van der Waals surface area contributed by atoms with Crippen LogP contribution in [0, 0.1) is 5.82 Å². The number of ether oxygens (including phenoxy) is 1. The normalized spacial score (nSPS) is 10.3. The number of hydrogen-bond acceptors (Lipinski definition) is 3. The number of anilines is 1. The first-order chi connectivity index (χ1) is 8.72. The summed E-state index contributed by atoms with van der Waals surface area (Å²) in [5.74, 6) is -0.535. The first-order valence-electron chi connectivity index (χ1n) is 5.97. The molecule has 0 heterocycles. The molecule has 0 aliphatic rings. The molecule has 1 rings (SSSR count). The summed E-state index contributed by atoms with van der Waals surface area (Å²) in [4.78, 5) is 11.5. The Morgan fingerprint density at radius 3 is 2.94 bits per heavy atom. The SMILES string of the molecule is COCCCCNCC(=O)Nc1cccc(F)c1. The van der Waals surface area contributed by atoms with Crippen LogP contribution in [0.25, 0.3) is 0 Å². The van der Waals surface area contributed by atoms with Crippen LogP contribution in [-0.4, -0.2) is 32.7 Å². The minimum atomic E-state index is -0.361. The summed E-state index contributed by atoms with van der Waals surface area (Å²) in [6.07, 6.45) is 1.93. The zero-order valence-electron chi connectivity index (χ0n) is 10.5. The van der Waals surface area contributed by atoms with Crippen molar-refractivity contribution in [2.75, 3.05) is 32.1 Å². The molecule has 0 aliphatic carbocycles. The number of methoxy groups -OCH3 is 1. The van der Waals surface area contributed by atoms with Crippen molar-refractivity contribution in [3.05, 3.63) is 30.1 Å². The molecule has 0 atom stereocenters. The standard InChI is InChI=1S/C13H19FN2O2/c1-18-8-3-2-7-15-10-13(17)16-12-6-4-5-11(14)9-12/h4-6,9,15H,2-3,7-8,10H2,1H3,(H,16,17). The van der Waals surface area contributed by atoms with Gasteiger partial charge in [-0.2, -0.15) is 0 Å². The van der Waals surface area contributed by atoms with E-state index >= 15 is 0 Å². The number of amides is 1. The average Bonchev–Trinajstić information content (AvgIpc) is 2.33. The Morgan fingerprint density at radius 2 is 2.22 bits per heavy atom. The minimum Gasteiger partial charge on any atom is -0.385 e. The lowest BCUT2D eigenvalue weighted by Crippen LogP contribution is -2.28. The molecule has 1 amide bonds. The topological polar surface area (TPSA) is 50.4 Å². The van der Waals surface area contributed by atoms with Crippen molar-refractivity contribution in [3.8, 4) is 0 Å². The fourth-order valence-corrected chi connectivity index (χ4v) is 1.47. The van der Waals surface area contributed by atoms with E-state index in [0.29, 0.717) is 5.69 Å². The van der Waals surface area contributed by atoms with Gasteiger partial charge in [-0.05, 0) is 37.6 Å². The Bertz CT molecular complexity index is 372. The van der Waals surface area contributed by atoms with Gasteiger partial charge in [0.2, 0.25) is 5.91 Å². The van der Waals surface area contributed by atoms with Gasteiger partial charge in [0.25, 0.3) is 0 Å². The molecule has 18 heavy (non-hydrogen) atoms. The molecule has 1 aromatic carbocycles. The van der Waals surface area contributed by atoms with Crippen LogP contribution in [0.5, 0.6) is 0 Å². The van der Waals surface area contributed by atoms with E-state index in [1.54, 1.807) is 19.2 Å². The van der Waals surface area contributed by atoms with Crippen LogP contribution in [0.4, 0.5) is 10.1 Å². The van der Waals surface area contributed by atoms with Gasteiger partial charge in [-0.15, -0.1) is 0 Å². The van der Waals surface area contributed by atoms with E-state index in [9.17, 15) is 9.18 Å². The van der Waals surface area contributed by atoms with Gasteiger partial charge < -0.3 is 15.4 Å². The predicted octanol–water partition coefficient (Wildman–Crippen LogP) is 1.78. The number of halogens is 1. The number of hydrogen-bond donors (Lipinski definition) is 2. The second-order valence-corrected chi connectivity index (χ2v) is 3.94. The van der Waals surface area contributed by atoms with Crippen molar-refractivity contribution in [1.82, 2.24) is 5.32 Å². The zero-order valence-corrected chi connectivity index (χ0v) is 10.5. The molecule has 1 aromatic rings. The summed E-state index contributed by atoms with van der Waals surface area (Å²) in [5, 5.41) is 5.64. The summed E-state index contributed by atoms with van der Waals surface area (Å²) < 4.78 is 17.8. The van der Waals surface area contributed by atoms with Crippen LogP contribution in [-0.2, 0) is 9.53 Å². The zero-order chi connectivity index (χ0) is 13.2. The number of carbonyl (C=O) groups is 1. The molecule has 0 unspecified atom stereocenters. The van der Waals surface area contributed by atoms with E-state index in [1.807, 2.05) is 0 Å². The lowest BCUT2D eigenvalue weighted by molar-refractivity contribution is -0.115. The largest absolute Gasteiger partial charge is 0.385 e. The van der Waals surface area contributed by atoms with E-state index in [-0.39, 0.29) is 18.3 Å². The molecule has 2 N–H and O–H groups in total. The van der Waals surface area contributed by atoms with Gasteiger partial charge in [-0.1, -0.05) is 6.07 Å². The predicted molar refractivity (Wildman–Crippen MR) is 69.0 cm³/mol. The molecular formula is C13H19FN2O2. The van der Waals surface area contributed by atoms with Crippen molar-refractivity contribution in [1.29, 1.82) is 0 Å². The second kappa shape index (κ2) is 8.60. The summed E-state index contributed by atoms with van der Waals surface area (Å²) >= 11 is 0. The maximum absolute atomic E-state index is 12.9. The quantitative estimate of drug-likeness (QED) is 0.695. The van der Waals surface area contributed by atoms with Gasteiger partial charge >= 0.3 is 0 Å². The molecule has 0 radical (unpaired) electrons. The summed E-state index contributed by atoms with van der Waals surface area (Å²) in [7, 11) is 1.67. The van der Waals surface area contributed by atoms with Crippen LogP contribution in [0.3, 0.4) is 0 Å². The molecule has 0 aromatic heterocycles. The van der Waals surface area contributed by atoms with E-state index in [0.717, 1.165) is 26.0 Å². The molecule has 0 saturated heterocycles. The monoisotopic (exact) mass is 254 g/mol. The fourth-order valence-electron chi connectivity index (χ4n) is 1.47. The third-order valence-electron chi connectivity index (χ3n) is 2.35. The van der Waals surface area contributed by atoms with Crippen LogP contribution in [0.1, 0.15) is 12.8 Å². The Balaban J connectivity index is 2.14. The number of benzene rings is 1. The van der Waals surface area contributed by atoms with Gasteiger partial charge in [0.15, 0.2) is 0 Å². The van der Waals surface area contributed by atoms with Gasteiger partial charge in [0.05, 0.1) is 6.54 Å². The van der Waals surface area contributed by atoms with E-state index < -0.39 is 0 Å². The van der Waals surface area contributed by atoms with E-state index in [2.05, 4.69) is 10.6 Å². The smallest absolute Gasteiger partial charge is 0.238 e. The minimum absolute atomic E-state index is 0.174. The number of nitrogens with one attached hydrogen (secondary N) is 2. The lowest BCUT2D eigenvalue weighted by atomic mass is 10.3. The second-order valence-electron chi connectivity index (χ2n) is 3.94. The molecule has 5 heteroatoms. The van der Waals surface area contributed by atoms with Crippen molar-refractivity contribution in [3.63, 3.8) is 0 Å². The van der Waals surface area contributed by atoms with E-state index in [4.69, 9.17) is 4.74 Å². The van der Waals surface area contributed by atoms with Crippen LogP contribution in [0.15, 0.2) is 24.3 Å². The van der Waals surface area contributed by atoms with Crippen LogP contribution in [0.2, 0.25) is 0 Å². The lowest BCUT2D eigenvalue weighted by Gasteiger charge is -2.06. The van der Waals surface area contributed by atoms with Crippen LogP contribution < -0.4 is 10.6 Å². The van der Waals surface area contributed by atoms with E-state index in [1.165, 1.54) is 12.1 Å². The molecular weight excluding hydrogens is 235 g/mol. The third-order valence-corrected chi connectivity index (χ3v) is 2.35. The van der Waals surface area contributed by atoms with Crippen molar-refractivity contribution in [2.45, 2.75) is 12.8 Å². The highest BCUT2D eigenvalue weighted by molar-refractivity contribution is 5.92. The molecule has 0 fully saturated rings. The number of unbranched alkanes of at least 4 members (excludes halogenated alkanes) is 1. The molecule has 0 aliphatic heterocycles. The van der Waals surface area contributed by atoms with Gasteiger partial charge in [-0.3, -0.25) is 4.79 Å². The fraction of sp³-hybridized carbons (Fsp3) is 0.462. The molecule has 0 saturated carbocycles. The van der Waals surface area contributed by atoms with Gasteiger partial charge in [0.1, 0.15) is 5.82 Å². The molecule has 100 valence electrons. The number of carbonyl (C=O) groups excluding carboxylic acids is 1. The van der Waals surface area contributed by atoms with Crippen molar-refractivity contribution >= 4 is 11.6 Å². The molecule has 0 spiro atoms.